The smallest absolute Gasteiger partial charge is 0.204 e. The van der Waals surface area contributed by atoms with E-state index in [1.165, 1.54) is 4.80 Å². The van der Waals surface area contributed by atoms with Crippen molar-refractivity contribution in [1.29, 1.82) is 0 Å². The fourth-order valence-corrected chi connectivity index (χ4v) is 2.07. The Kier molecular flexibility index (Phi) is 4.95. The van der Waals surface area contributed by atoms with E-state index in [0.717, 1.165) is 16.9 Å². The number of hydrogen-bond acceptors (Lipinski definition) is 5. The number of ether oxygens (including phenoxy) is 2. The van der Waals surface area contributed by atoms with Gasteiger partial charge in [-0.05, 0) is 35.0 Å². The maximum Gasteiger partial charge on any atom is 0.204 e. The van der Waals surface area contributed by atoms with E-state index in [4.69, 9.17) is 9.47 Å². The van der Waals surface area contributed by atoms with E-state index in [0.29, 0.717) is 25.6 Å². The van der Waals surface area contributed by atoms with Crippen LogP contribution in [0.15, 0.2) is 54.6 Å². The number of benzene rings is 2. The Morgan fingerprint density at radius 3 is 2.52 bits per heavy atom. The van der Waals surface area contributed by atoms with Crippen molar-refractivity contribution in [3.8, 4) is 17.1 Å². The number of aromatic nitrogens is 4. The third-order valence-corrected chi connectivity index (χ3v) is 3.31. The second-order valence-corrected chi connectivity index (χ2v) is 5.00. The lowest BCUT2D eigenvalue weighted by Crippen LogP contribution is -2.07. The van der Waals surface area contributed by atoms with Gasteiger partial charge in [0, 0.05) is 12.7 Å². The molecule has 0 aliphatic heterocycles. The highest BCUT2D eigenvalue weighted by Gasteiger charge is 2.06. The molecule has 3 aromatic rings. The van der Waals surface area contributed by atoms with Crippen molar-refractivity contribution in [3.05, 3.63) is 60.2 Å². The summed E-state index contributed by atoms with van der Waals surface area (Å²) in [6, 6.07) is 17.7. The first-order valence-electron chi connectivity index (χ1n) is 7.39. The average Bonchev–Trinajstić information content (AvgIpc) is 3.08. The average molecular weight is 310 g/mol. The molecule has 3 rings (SSSR count). The van der Waals surface area contributed by atoms with Crippen LogP contribution in [0.25, 0.3) is 11.4 Å². The Hall–Kier alpha value is -2.73. The molecule has 0 atom stereocenters. The molecule has 6 nitrogen and oxygen atoms in total. The molecule has 23 heavy (non-hydrogen) atoms. The standard InChI is InChI=1S/C17H18N4O2/c1-22-12-11-21-19-17(18-20-21)15-7-9-16(10-8-15)23-13-14-5-3-2-4-6-14/h2-10H,11-13H2,1H3. The van der Waals surface area contributed by atoms with Crippen LogP contribution in [0.5, 0.6) is 5.75 Å². The number of nitrogens with zero attached hydrogens (tertiary/aromatic N) is 4. The molecule has 0 unspecified atom stereocenters. The summed E-state index contributed by atoms with van der Waals surface area (Å²) in [5.41, 5.74) is 2.04. The van der Waals surface area contributed by atoms with E-state index in [1.807, 2.05) is 54.6 Å². The quantitative estimate of drug-likeness (QED) is 0.671. The Morgan fingerprint density at radius 1 is 1.00 bits per heavy atom. The van der Waals surface area contributed by atoms with Gasteiger partial charge in [0.25, 0.3) is 0 Å². The minimum Gasteiger partial charge on any atom is -0.489 e. The SMILES string of the molecule is COCCn1nnc(-c2ccc(OCc3ccccc3)cc2)n1. The van der Waals surface area contributed by atoms with Crippen LogP contribution in [-0.4, -0.2) is 33.9 Å². The fourth-order valence-electron chi connectivity index (χ4n) is 2.07. The summed E-state index contributed by atoms with van der Waals surface area (Å²) >= 11 is 0. The van der Waals surface area contributed by atoms with E-state index >= 15 is 0 Å². The first kappa shape index (κ1) is 15.2. The summed E-state index contributed by atoms with van der Waals surface area (Å²) in [4.78, 5) is 1.53. The first-order valence-corrected chi connectivity index (χ1v) is 7.39. The van der Waals surface area contributed by atoms with Crippen LogP contribution in [0, 0.1) is 0 Å². The highest BCUT2D eigenvalue weighted by molar-refractivity contribution is 5.55. The minimum atomic E-state index is 0.547. The zero-order valence-electron chi connectivity index (χ0n) is 12.9. The van der Waals surface area contributed by atoms with E-state index in [9.17, 15) is 0 Å². The lowest BCUT2D eigenvalue weighted by molar-refractivity contribution is 0.178. The van der Waals surface area contributed by atoms with Crippen LogP contribution < -0.4 is 4.74 Å². The molecule has 118 valence electrons. The van der Waals surface area contributed by atoms with Gasteiger partial charge in [0.2, 0.25) is 5.82 Å². The van der Waals surface area contributed by atoms with Gasteiger partial charge >= 0.3 is 0 Å². The molecule has 0 bridgehead atoms. The number of hydrogen-bond donors (Lipinski definition) is 0. The topological polar surface area (TPSA) is 62.1 Å². The summed E-state index contributed by atoms with van der Waals surface area (Å²) in [7, 11) is 1.64. The van der Waals surface area contributed by atoms with Crippen molar-refractivity contribution in [2.45, 2.75) is 13.2 Å². The summed E-state index contributed by atoms with van der Waals surface area (Å²) in [6.07, 6.45) is 0. The minimum absolute atomic E-state index is 0.547. The summed E-state index contributed by atoms with van der Waals surface area (Å²) in [6.45, 7) is 1.69. The van der Waals surface area contributed by atoms with Crippen LogP contribution in [0.2, 0.25) is 0 Å². The largest absolute Gasteiger partial charge is 0.489 e. The molecular weight excluding hydrogens is 292 g/mol. The fraction of sp³-hybridized carbons (Fsp3) is 0.235. The second kappa shape index (κ2) is 7.51. The molecular formula is C17H18N4O2. The molecule has 1 aromatic heterocycles. The van der Waals surface area contributed by atoms with Crippen LogP contribution in [0.3, 0.4) is 0 Å². The normalized spacial score (nSPS) is 10.7. The predicted octanol–water partition coefficient (Wildman–Crippen LogP) is 2.57. The van der Waals surface area contributed by atoms with E-state index in [-0.39, 0.29) is 0 Å². The third kappa shape index (κ3) is 4.14. The highest BCUT2D eigenvalue weighted by Crippen LogP contribution is 2.19. The van der Waals surface area contributed by atoms with Crippen LogP contribution in [0.4, 0.5) is 0 Å². The molecule has 0 spiro atoms. The van der Waals surface area contributed by atoms with Crippen molar-refractivity contribution in [2.24, 2.45) is 0 Å². The Labute approximate surface area is 134 Å². The van der Waals surface area contributed by atoms with E-state index < -0.39 is 0 Å². The van der Waals surface area contributed by atoms with Crippen LogP contribution >= 0.6 is 0 Å². The molecule has 6 heteroatoms. The Balaban J connectivity index is 1.61. The van der Waals surface area contributed by atoms with Crippen LogP contribution in [-0.2, 0) is 17.9 Å². The maximum atomic E-state index is 5.76. The molecule has 2 aromatic carbocycles. The van der Waals surface area contributed by atoms with Gasteiger partial charge in [0.1, 0.15) is 12.4 Å². The van der Waals surface area contributed by atoms with Crippen molar-refractivity contribution in [3.63, 3.8) is 0 Å². The predicted molar refractivity (Wildman–Crippen MR) is 85.9 cm³/mol. The number of rotatable bonds is 7. The van der Waals surface area contributed by atoms with Gasteiger partial charge < -0.3 is 9.47 Å². The molecule has 0 radical (unpaired) electrons. The van der Waals surface area contributed by atoms with Gasteiger partial charge in [-0.25, -0.2) is 0 Å². The Bertz CT molecular complexity index is 726. The first-order chi connectivity index (χ1) is 11.3. The molecule has 0 saturated heterocycles. The maximum absolute atomic E-state index is 5.76. The molecule has 0 amide bonds. The van der Waals surface area contributed by atoms with E-state index in [1.54, 1.807) is 7.11 Å². The van der Waals surface area contributed by atoms with Gasteiger partial charge in [0.05, 0.1) is 13.2 Å². The lowest BCUT2D eigenvalue weighted by atomic mass is 10.2. The molecule has 0 N–H and O–H groups in total. The van der Waals surface area contributed by atoms with Gasteiger partial charge in [-0.2, -0.15) is 4.80 Å². The van der Waals surface area contributed by atoms with Crippen molar-refractivity contribution in [2.75, 3.05) is 13.7 Å². The van der Waals surface area contributed by atoms with Gasteiger partial charge in [-0.3, -0.25) is 0 Å². The summed E-state index contributed by atoms with van der Waals surface area (Å²) in [5.74, 6) is 1.40. The molecule has 0 fully saturated rings. The molecule has 0 saturated carbocycles. The van der Waals surface area contributed by atoms with Crippen molar-refractivity contribution >= 4 is 0 Å². The summed E-state index contributed by atoms with van der Waals surface area (Å²) in [5, 5.41) is 12.4. The number of methoxy groups -OCH3 is 1. The molecule has 0 aliphatic carbocycles. The van der Waals surface area contributed by atoms with Gasteiger partial charge in [-0.15, -0.1) is 10.2 Å². The second-order valence-electron chi connectivity index (χ2n) is 5.00. The van der Waals surface area contributed by atoms with Gasteiger partial charge in [-0.1, -0.05) is 30.3 Å². The molecule has 0 aliphatic rings. The van der Waals surface area contributed by atoms with E-state index in [2.05, 4.69) is 15.4 Å². The highest BCUT2D eigenvalue weighted by atomic mass is 16.5. The Morgan fingerprint density at radius 2 is 1.78 bits per heavy atom. The number of tetrazole rings is 1. The van der Waals surface area contributed by atoms with Crippen molar-refractivity contribution < 1.29 is 9.47 Å². The van der Waals surface area contributed by atoms with Crippen molar-refractivity contribution in [1.82, 2.24) is 20.2 Å². The summed E-state index contributed by atoms with van der Waals surface area (Å²) < 4.78 is 10.8. The zero-order valence-corrected chi connectivity index (χ0v) is 12.9. The molecule has 1 heterocycles. The van der Waals surface area contributed by atoms with Gasteiger partial charge in [0.15, 0.2) is 0 Å². The zero-order chi connectivity index (χ0) is 15.9. The monoisotopic (exact) mass is 310 g/mol. The van der Waals surface area contributed by atoms with Crippen LogP contribution in [0.1, 0.15) is 5.56 Å². The lowest BCUT2D eigenvalue weighted by Gasteiger charge is -2.06. The third-order valence-electron chi connectivity index (χ3n) is 3.31.